The molecule has 0 radical (unpaired) electrons. The van der Waals surface area contributed by atoms with Crippen molar-refractivity contribution in [3.63, 3.8) is 0 Å². The number of hydrogen-bond acceptors (Lipinski definition) is 3. The van der Waals surface area contributed by atoms with Crippen LogP contribution in [0.1, 0.15) is 47.5 Å². The lowest BCUT2D eigenvalue weighted by Gasteiger charge is -2.19. The molecule has 1 aromatic heterocycles. The highest BCUT2D eigenvalue weighted by Crippen LogP contribution is 2.23. The lowest BCUT2D eigenvalue weighted by Crippen LogP contribution is -2.29. The van der Waals surface area contributed by atoms with E-state index in [-0.39, 0.29) is 30.4 Å². The van der Waals surface area contributed by atoms with Gasteiger partial charge in [0, 0.05) is 11.6 Å². The Hall–Kier alpha value is -1.92. The average molecular weight is 345 g/mol. The van der Waals surface area contributed by atoms with Gasteiger partial charge in [0.15, 0.2) is 0 Å². The minimum atomic E-state index is -0.673. The number of carbonyl (C=O) groups excluding carboxylic acids is 1. The smallest absolute Gasteiger partial charge is 0.255 e. The molecule has 0 bridgehead atoms. The standard InChI is InChI=1S/C16H18F2N2O2.ClH/c1-2-3-15(13-5-4-11(17)7-14(13)18)20-16(21)10-6-12(8-19)22-9-10;/h4-7,9,15H,2-3,8,19H2,1H3,(H,20,21);1H. The van der Waals surface area contributed by atoms with Crippen LogP contribution in [0.5, 0.6) is 0 Å². The van der Waals surface area contributed by atoms with E-state index in [1.807, 2.05) is 6.92 Å². The van der Waals surface area contributed by atoms with Gasteiger partial charge in [-0.25, -0.2) is 8.78 Å². The molecule has 126 valence electrons. The lowest BCUT2D eigenvalue weighted by molar-refractivity contribution is 0.0933. The molecular formula is C16H19ClF2N2O2. The maximum absolute atomic E-state index is 13.9. The Morgan fingerprint density at radius 1 is 1.35 bits per heavy atom. The number of benzene rings is 1. The van der Waals surface area contributed by atoms with Gasteiger partial charge in [-0.1, -0.05) is 19.4 Å². The third-order valence-electron chi connectivity index (χ3n) is 3.34. The van der Waals surface area contributed by atoms with E-state index in [1.165, 1.54) is 18.4 Å². The molecule has 0 saturated heterocycles. The summed E-state index contributed by atoms with van der Waals surface area (Å²) in [5.74, 6) is -1.21. The van der Waals surface area contributed by atoms with Crippen molar-refractivity contribution in [3.05, 3.63) is 59.1 Å². The quantitative estimate of drug-likeness (QED) is 0.839. The Balaban J connectivity index is 0.00000264. The number of nitrogens with two attached hydrogens (primary N) is 1. The molecule has 0 spiro atoms. The summed E-state index contributed by atoms with van der Waals surface area (Å²) in [5, 5.41) is 2.75. The number of hydrogen-bond donors (Lipinski definition) is 2. The van der Waals surface area contributed by atoms with Gasteiger partial charge >= 0.3 is 0 Å². The number of amides is 1. The van der Waals surface area contributed by atoms with Crippen LogP contribution in [0.15, 0.2) is 34.9 Å². The Bertz CT molecular complexity index is 661. The van der Waals surface area contributed by atoms with Crippen molar-refractivity contribution in [3.8, 4) is 0 Å². The first-order valence-electron chi connectivity index (χ1n) is 7.08. The zero-order valence-corrected chi connectivity index (χ0v) is 13.5. The van der Waals surface area contributed by atoms with Crippen molar-refractivity contribution >= 4 is 18.3 Å². The second-order valence-electron chi connectivity index (χ2n) is 4.99. The second-order valence-corrected chi connectivity index (χ2v) is 4.99. The van der Waals surface area contributed by atoms with Crippen LogP contribution in [0.2, 0.25) is 0 Å². The lowest BCUT2D eigenvalue weighted by atomic mass is 10.0. The van der Waals surface area contributed by atoms with Crippen LogP contribution >= 0.6 is 12.4 Å². The van der Waals surface area contributed by atoms with Crippen molar-refractivity contribution in [1.82, 2.24) is 5.32 Å². The molecule has 23 heavy (non-hydrogen) atoms. The van der Waals surface area contributed by atoms with Crippen LogP contribution in [0.25, 0.3) is 0 Å². The topological polar surface area (TPSA) is 68.3 Å². The summed E-state index contributed by atoms with van der Waals surface area (Å²) in [6.45, 7) is 2.11. The second kappa shape index (κ2) is 8.64. The van der Waals surface area contributed by atoms with Crippen LogP contribution in [-0.4, -0.2) is 5.91 Å². The van der Waals surface area contributed by atoms with E-state index in [0.717, 1.165) is 12.5 Å². The van der Waals surface area contributed by atoms with E-state index in [9.17, 15) is 13.6 Å². The highest BCUT2D eigenvalue weighted by molar-refractivity contribution is 5.94. The van der Waals surface area contributed by atoms with Crippen molar-refractivity contribution in [1.29, 1.82) is 0 Å². The monoisotopic (exact) mass is 344 g/mol. The van der Waals surface area contributed by atoms with Crippen molar-refractivity contribution < 1.29 is 18.0 Å². The number of nitrogens with one attached hydrogen (secondary N) is 1. The zero-order valence-electron chi connectivity index (χ0n) is 12.6. The van der Waals surface area contributed by atoms with E-state index in [4.69, 9.17) is 10.2 Å². The third kappa shape index (κ3) is 4.77. The SMILES string of the molecule is CCCC(NC(=O)c1coc(CN)c1)c1ccc(F)cc1F.Cl. The first kappa shape index (κ1) is 19.1. The summed E-state index contributed by atoms with van der Waals surface area (Å²) in [6.07, 6.45) is 2.58. The fourth-order valence-electron chi connectivity index (χ4n) is 2.23. The van der Waals surface area contributed by atoms with Crippen molar-refractivity contribution in [2.45, 2.75) is 32.4 Å². The van der Waals surface area contributed by atoms with Crippen LogP contribution in [0, 0.1) is 11.6 Å². The van der Waals surface area contributed by atoms with Gasteiger partial charge in [-0.15, -0.1) is 12.4 Å². The summed E-state index contributed by atoms with van der Waals surface area (Å²) in [4.78, 5) is 12.2. The summed E-state index contributed by atoms with van der Waals surface area (Å²) in [5.41, 5.74) is 6.01. The molecule has 0 aliphatic rings. The Morgan fingerprint density at radius 3 is 2.65 bits per heavy atom. The number of carbonyl (C=O) groups is 1. The van der Waals surface area contributed by atoms with Gasteiger partial charge in [0.25, 0.3) is 5.91 Å². The van der Waals surface area contributed by atoms with E-state index in [2.05, 4.69) is 5.32 Å². The minimum absolute atomic E-state index is 0. The molecule has 0 aliphatic heterocycles. The fourth-order valence-corrected chi connectivity index (χ4v) is 2.23. The molecule has 7 heteroatoms. The number of halogens is 3. The fraction of sp³-hybridized carbons (Fsp3) is 0.312. The molecule has 1 heterocycles. The van der Waals surface area contributed by atoms with Gasteiger partial charge in [-0.3, -0.25) is 4.79 Å². The summed E-state index contributed by atoms with van der Waals surface area (Å²) >= 11 is 0. The Morgan fingerprint density at radius 2 is 2.09 bits per heavy atom. The molecule has 1 aromatic carbocycles. The minimum Gasteiger partial charge on any atom is -0.467 e. The molecule has 1 amide bonds. The maximum atomic E-state index is 13.9. The summed E-state index contributed by atoms with van der Waals surface area (Å²) in [7, 11) is 0. The molecule has 0 aliphatic carbocycles. The molecule has 3 N–H and O–H groups in total. The molecule has 1 unspecified atom stereocenters. The van der Waals surface area contributed by atoms with Crippen molar-refractivity contribution in [2.75, 3.05) is 0 Å². The van der Waals surface area contributed by atoms with Gasteiger partial charge in [0.1, 0.15) is 23.7 Å². The molecule has 0 fully saturated rings. The zero-order chi connectivity index (χ0) is 16.1. The van der Waals surface area contributed by atoms with Gasteiger partial charge < -0.3 is 15.5 Å². The molecule has 1 atom stereocenters. The number of furan rings is 1. The molecular weight excluding hydrogens is 326 g/mol. The predicted octanol–water partition coefficient (Wildman–Crippen LogP) is 3.71. The average Bonchev–Trinajstić information content (AvgIpc) is 2.96. The van der Waals surface area contributed by atoms with Gasteiger partial charge in [0.2, 0.25) is 0 Å². The van der Waals surface area contributed by atoms with Crippen LogP contribution in [-0.2, 0) is 6.54 Å². The maximum Gasteiger partial charge on any atom is 0.255 e. The summed E-state index contributed by atoms with van der Waals surface area (Å²) < 4.78 is 32.0. The van der Waals surface area contributed by atoms with E-state index >= 15 is 0 Å². The third-order valence-corrected chi connectivity index (χ3v) is 3.34. The van der Waals surface area contributed by atoms with E-state index in [0.29, 0.717) is 17.7 Å². The largest absolute Gasteiger partial charge is 0.467 e. The van der Waals surface area contributed by atoms with Crippen LogP contribution in [0.4, 0.5) is 8.78 Å². The molecule has 2 rings (SSSR count). The Labute approximate surface area is 139 Å². The molecule has 4 nitrogen and oxygen atoms in total. The highest BCUT2D eigenvalue weighted by atomic mass is 35.5. The number of rotatable bonds is 6. The summed E-state index contributed by atoms with van der Waals surface area (Å²) in [6, 6.07) is 4.35. The van der Waals surface area contributed by atoms with Crippen LogP contribution < -0.4 is 11.1 Å². The predicted molar refractivity (Wildman–Crippen MR) is 85.3 cm³/mol. The van der Waals surface area contributed by atoms with E-state index in [1.54, 1.807) is 6.07 Å². The normalized spacial score (nSPS) is 11.7. The van der Waals surface area contributed by atoms with Crippen molar-refractivity contribution in [2.24, 2.45) is 5.73 Å². The van der Waals surface area contributed by atoms with Gasteiger partial charge in [-0.2, -0.15) is 0 Å². The Kier molecular flexibility index (Phi) is 7.19. The first-order valence-corrected chi connectivity index (χ1v) is 7.08. The molecule has 2 aromatic rings. The van der Waals surface area contributed by atoms with Gasteiger partial charge in [0.05, 0.1) is 18.2 Å². The van der Waals surface area contributed by atoms with Crippen LogP contribution in [0.3, 0.4) is 0 Å². The first-order chi connectivity index (χ1) is 10.5. The molecule has 0 saturated carbocycles. The highest BCUT2D eigenvalue weighted by Gasteiger charge is 2.19. The van der Waals surface area contributed by atoms with E-state index < -0.39 is 17.7 Å². The van der Waals surface area contributed by atoms with Gasteiger partial charge in [-0.05, 0) is 18.6 Å².